The Bertz CT molecular complexity index is 627. The van der Waals surface area contributed by atoms with Crippen LogP contribution in [0, 0.1) is 18.8 Å². The average molecular weight is 330 g/mol. The predicted molar refractivity (Wildman–Crippen MR) is 89.3 cm³/mol. The minimum Gasteiger partial charge on any atom is -0.373 e. The lowest BCUT2D eigenvalue weighted by Gasteiger charge is -2.53. The van der Waals surface area contributed by atoms with Crippen molar-refractivity contribution in [3.8, 4) is 0 Å². The highest BCUT2D eigenvalue weighted by atomic mass is 16.5. The van der Waals surface area contributed by atoms with Gasteiger partial charge in [-0.15, -0.1) is 0 Å². The number of carbonyl (C=O) groups is 1. The molecule has 4 rings (SSSR count). The molecule has 2 aliphatic heterocycles. The van der Waals surface area contributed by atoms with Crippen LogP contribution >= 0.6 is 0 Å². The lowest BCUT2D eigenvalue weighted by Crippen LogP contribution is -2.67. The van der Waals surface area contributed by atoms with Gasteiger partial charge in [0.1, 0.15) is 5.60 Å². The summed E-state index contributed by atoms with van der Waals surface area (Å²) in [6.07, 6.45) is 6.79. The summed E-state index contributed by atoms with van der Waals surface area (Å²) in [5.41, 5.74) is 2.10. The van der Waals surface area contributed by atoms with Gasteiger partial charge in [-0.1, -0.05) is 13.0 Å². The van der Waals surface area contributed by atoms with Gasteiger partial charge < -0.3 is 14.4 Å². The van der Waals surface area contributed by atoms with Gasteiger partial charge in [-0.3, -0.25) is 9.78 Å². The molecule has 1 saturated carbocycles. The highest BCUT2D eigenvalue weighted by Crippen LogP contribution is 2.43. The van der Waals surface area contributed by atoms with E-state index >= 15 is 0 Å². The average Bonchev–Trinajstić information content (AvgIpc) is 3.27. The molecule has 130 valence electrons. The van der Waals surface area contributed by atoms with E-state index in [9.17, 15) is 4.79 Å². The van der Waals surface area contributed by atoms with Gasteiger partial charge in [-0.2, -0.15) is 0 Å². The van der Waals surface area contributed by atoms with Gasteiger partial charge in [0.25, 0.3) is 0 Å². The van der Waals surface area contributed by atoms with Gasteiger partial charge in [-0.05, 0) is 36.8 Å². The number of aromatic nitrogens is 1. The number of carbonyl (C=O) groups excluding carboxylic acids is 1. The third-order valence-corrected chi connectivity index (χ3v) is 5.56. The lowest BCUT2D eigenvalue weighted by atomic mass is 9.84. The molecule has 1 aromatic heterocycles. The molecule has 3 atom stereocenters. The summed E-state index contributed by atoms with van der Waals surface area (Å²) < 4.78 is 12.1. The monoisotopic (exact) mass is 330 g/mol. The van der Waals surface area contributed by atoms with E-state index in [4.69, 9.17) is 9.47 Å². The Kier molecular flexibility index (Phi) is 4.09. The van der Waals surface area contributed by atoms with Crippen molar-refractivity contribution in [2.24, 2.45) is 11.8 Å². The molecule has 3 aliphatic rings. The van der Waals surface area contributed by atoms with E-state index in [1.54, 1.807) is 0 Å². The van der Waals surface area contributed by atoms with Crippen LogP contribution in [0.3, 0.4) is 0 Å². The number of rotatable bonds is 4. The summed E-state index contributed by atoms with van der Waals surface area (Å²) in [5, 5.41) is 0. The minimum absolute atomic E-state index is 0.165. The molecule has 0 N–H and O–H groups in total. The number of hydrogen-bond acceptors (Lipinski definition) is 4. The number of ether oxygens (including phenoxy) is 2. The zero-order chi connectivity index (χ0) is 16.7. The summed E-state index contributed by atoms with van der Waals surface area (Å²) >= 11 is 0. The van der Waals surface area contributed by atoms with Crippen molar-refractivity contribution in [3.63, 3.8) is 0 Å². The van der Waals surface area contributed by atoms with E-state index in [1.165, 1.54) is 0 Å². The third kappa shape index (κ3) is 3.20. The summed E-state index contributed by atoms with van der Waals surface area (Å²) in [7, 11) is 0. The number of hydrogen-bond donors (Lipinski definition) is 0. The van der Waals surface area contributed by atoms with Crippen LogP contribution in [-0.4, -0.2) is 47.2 Å². The third-order valence-electron chi connectivity index (χ3n) is 5.56. The molecule has 0 radical (unpaired) electrons. The Hall–Kier alpha value is -1.46. The Labute approximate surface area is 143 Å². The van der Waals surface area contributed by atoms with Crippen molar-refractivity contribution in [2.45, 2.75) is 51.4 Å². The van der Waals surface area contributed by atoms with Crippen molar-refractivity contribution < 1.29 is 14.3 Å². The van der Waals surface area contributed by atoms with Gasteiger partial charge in [0.05, 0.1) is 25.8 Å². The largest absolute Gasteiger partial charge is 0.373 e. The molecule has 3 fully saturated rings. The second-order valence-electron chi connectivity index (χ2n) is 7.84. The van der Waals surface area contributed by atoms with Crippen molar-refractivity contribution in [1.82, 2.24) is 9.88 Å². The first-order valence-electron chi connectivity index (χ1n) is 9.00. The summed E-state index contributed by atoms with van der Waals surface area (Å²) in [5.74, 6) is 1.16. The highest BCUT2D eigenvalue weighted by Gasteiger charge is 2.53. The molecule has 1 aliphatic carbocycles. The van der Waals surface area contributed by atoms with Crippen molar-refractivity contribution >= 4 is 5.91 Å². The lowest BCUT2D eigenvalue weighted by molar-refractivity contribution is -0.203. The fourth-order valence-electron chi connectivity index (χ4n) is 3.96. The topological polar surface area (TPSA) is 51.7 Å². The van der Waals surface area contributed by atoms with Gasteiger partial charge in [0.2, 0.25) is 5.91 Å². The van der Waals surface area contributed by atoms with Crippen molar-refractivity contribution in [2.75, 3.05) is 19.7 Å². The summed E-state index contributed by atoms with van der Waals surface area (Å²) in [4.78, 5) is 18.5. The smallest absolute Gasteiger partial charge is 0.226 e. The SMILES string of the molecule is Cc1cncc(CO[C@@H]2CCOC3(C2)CN(C(=O)[C@@H]2C[C@H]2C)C3)c1. The van der Waals surface area contributed by atoms with E-state index in [-0.39, 0.29) is 17.6 Å². The molecule has 0 bridgehead atoms. The van der Waals surface area contributed by atoms with Gasteiger partial charge in [0.15, 0.2) is 0 Å². The minimum atomic E-state index is -0.165. The van der Waals surface area contributed by atoms with Crippen LogP contribution in [0.2, 0.25) is 0 Å². The predicted octanol–water partition coefficient (Wildman–Crippen LogP) is 2.32. The van der Waals surface area contributed by atoms with E-state index in [0.717, 1.165) is 50.1 Å². The highest BCUT2D eigenvalue weighted by molar-refractivity contribution is 5.82. The Morgan fingerprint density at radius 1 is 1.46 bits per heavy atom. The maximum absolute atomic E-state index is 12.3. The fourth-order valence-corrected chi connectivity index (χ4v) is 3.96. The number of nitrogens with zero attached hydrogens (tertiary/aromatic N) is 2. The van der Waals surface area contributed by atoms with Gasteiger partial charge >= 0.3 is 0 Å². The van der Waals surface area contributed by atoms with Crippen molar-refractivity contribution in [3.05, 3.63) is 29.6 Å². The normalized spacial score (nSPS) is 30.9. The molecular weight excluding hydrogens is 304 g/mol. The summed E-state index contributed by atoms with van der Waals surface area (Å²) in [6, 6.07) is 2.11. The maximum atomic E-state index is 12.3. The van der Waals surface area contributed by atoms with Crippen LogP contribution < -0.4 is 0 Å². The van der Waals surface area contributed by atoms with Gasteiger partial charge in [0, 0.05) is 31.3 Å². The summed E-state index contributed by atoms with van der Waals surface area (Å²) in [6.45, 7) is 6.98. The molecule has 0 unspecified atom stereocenters. The van der Waals surface area contributed by atoms with Gasteiger partial charge in [-0.25, -0.2) is 0 Å². The van der Waals surface area contributed by atoms with Crippen LogP contribution in [0.1, 0.15) is 37.3 Å². The molecule has 1 aromatic rings. The molecule has 24 heavy (non-hydrogen) atoms. The Balaban J connectivity index is 1.28. The number of likely N-dealkylation sites (tertiary alicyclic amines) is 1. The molecule has 0 aromatic carbocycles. The Morgan fingerprint density at radius 3 is 2.96 bits per heavy atom. The van der Waals surface area contributed by atoms with E-state index in [1.807, 2.05) is 24.2 Å². The molecule has 1 amide bonds. The molecular formula is C19H26N2O3. The van der Waals surface area contributed by atoms with Crippen molar-refractivity contribution in [1.29, 1.82) is 0 Å². The Morgan fingerprint density at radius 2 is 2.25 bits per heavy atom. The van der Waals surface area contributed by atoms with Crippen LogP contribution in [0.15, 0.2) is 18.5 Å². The van der Waals surface area contributed by atoms with Crippen LogP contribution in [0.5, 0.6) is 0 Å². The van der Waals surface area contributed by atoms with Crippen LogP contribution in [0.25, 0.3) is 0 Å². The van der Waals surface area contributed by atoms with Crippen LogP contribution in [-0.2, 0) is 20.9 Å². The van der Waals surface area contributed by atoms with Crippen LogP contribution in [0.4, 0.5) is 0 Å². The van der Waals surface area contributed by atoms with E-state index in [2.05, 4.69) is 18.0 Å². The number of amides is 1. The second-order valence-corrected chi connectivity index (χ2v) is 7.84. The number of pyridine rings is 1. The van der Waals surface area contributed by atoms with E-state index < -0.39 is 0 Å². The zero-order valence-electron chi connectivity index (χ0n) is 14.5. The quantitative estimate of drug-likeness (QED) is 0.850. The first-order valence-corrected chi connectivity index (χ1v) is 9.00. The van der Waals surface area contributed by atoms with E-state index in [0.29, 0.717) is 18.4 Å². The molecule has 1 spiro atoms. The molecule has 3 heterocycles. The zero-order valence-corrected chi connectivity index (χ0v) is 14.5. The molecule has 5 heteroatoms. The number of aryl methyl sites for hydroxylation is 1. The standard InChI is InChI=1S/C19H26N2O3/c1-13-5-15(9-20-8-13)10-23-16-3-4-24-19(7-16)11-21(12-19)18(22)17-6-14(17)2/h5,8-9,14,16-17H,3-4,6-7,10-12H2,1-2H3/t14-,16-,17-/m1/s1. The maximum Gasteiger partial charge on any atom is 0.226 e. The second kappa shape index (κ2) is 6.12. The molecule has 2 saturated heterocycles. The first kappa shape index (κ1) is 16.0. The first-order chi connectivity index (χ1) is 11.5. The fraction of sp³-hybridized carbons (Fsp3) is 0.684. The molecule has 5 nitrogen and oxygen atoms in total.